The van der Waals surface area contributed by atoms with Gasteiger partial charge in [0.15, 0.2) is 0 Å². The summed E-state index contributed by atoms with van der Waals surface area (Å²) < 4.78 is 5.92. The molecule has 144 valence electrons. The predicted molar refractivity (Wildman–Crippen MR) is 108 cm³/mol. The number of carbonyl (C=O) groups excluding carboxylic acids is 1. The molecule has 3 N–H and O–H groups in total. The summed E-state index contributed by atoms with van der Waals surface area (Å²) in [6.07, 6.45) is 2.79. The Balaban J connectivity index is 1.55. The van der Waals surface area contributed by atoms with E-state index in [4.69, 9.17) is 16.3 Å². The van der Waals surface area contributed by atoms with Crippen LogP contribution in [0.3, 0.4) is 0 Å². The number of halogens is 1. The maximum Gasteiger partial charge on any atom is 0.238 e. The third-order valence-electron chi connectivity index (χ3n) is 4.65. The molecule has 3 rings (SSSR count). The molecule has 0 aromatic heterocycles. The summed E-state index contributed by atoms with van der Waals surface area (Å²) in [5.41, 5.74) is 8.43. The fourth-order valence-corrected chi connectivity index (χ4v) is 3.20. The molecule has 0 saturated carbocycles. The zero-order valence-corrected chi connectivity index (χ0v) is 16.3. The molecule has 1 aliphatic rings. The zero-order chi connectivity index (χ0) is 19.1. The number of amides is 1. The molecular formula is C21H26ClN3O2. The summed E-state index contributed by atoms with van der Waals surface area (Å²) in [5, 5.41) is 3.66. The van der Waals surface area contributed by atoms with Gasteiger partial charge in [0.05, 0.1) is 12.6 Å². The van der Waals surface area contributed by atoms with Crippen LogP contribution in [0.5, 0.6) is 5.75 Å². The Labute approximate surface area is 165 Å². The number of unbranched alkanes of at least 4 members (excludes halogenated alkanes) is 1. The summed E-state index contributed by atoms with van der Waals surface area (Å²) in [7, 11) is 0. The largest absolute Gasteiger partial charge is 0.493 e. The number of hydrazine groups is 1. The molecule has 2 aromatic rings. The van der Waals surface area contributed by atoms with Crippen LogP contribution in [0.15, 0.2) is 48.5 Å². The first kappa shape index (κ1) is 19.7. The first-order chi connectivity index (χ1) is 13.2. The average molecular weight is 388 g/mol. The van der Waals surface area contributed by atoms with Gasteiger partial charge in [-0.15, -0.1) is 0 Å². The second-order valence-corrected chi connectivity index (χ2v) is 7.15. The number of ether oxygens (including phenoxy) is 1. The van der Waals surface area contributed by atoms with Gasteiger partial charge in [-0.3, -0.25) is 4.79 Å². The van der Waals surface area contributed by atoms with Crippen LogP contribution < -0.4 is 20.9 Å². The fraction of sp³-hybridized carbons (Fsp3) is 0.381. The summed E-state index contributed by atoms with van der Waals surface area (Å²) in [4.78, 5) is 12.5. The third-order valence-corrected chi connectivity index (χ3v) is 4.90. The van der Waals surface area contributed by atoms with E-state index in [1.165, 1.54) is 0 Å². The summed E-state index contributed by atoms with van der Waals surface area (Å²) in [5.74, 6) is 0.858. The molecule has 6 heteroatoms. The topological polar surface area (TPSA) is 62.4 Å². The quantitative estimate of drug-likeness (QED) is 0.604. The van der Waals surface area contributed by atoms with Gasteiger partial charge < -0.3 is 10.1 Å². The van der Waals surface area contributed by atoms with E-state index in [9.17, 15) is 4.79 Å². The predicted octanol–water partition coefficient (Wildman–Crippen LogP) is 3.74. The summed E-state index contributed by atoms with van der Waals surface area (Å²) in [6, 6.07) is 15.2. The van der Waals surface area contributed by atoms with E-state index in [-0.39, 0.29) is 18.0 Å². The lowest BCUT2D eigenvalue weighted by molar-refractivity contribution is -0.123. The van der Waals surface area contributed by atoms with Crippen molar-refractivity contribution in [2.24, 2.45) is 0 Å². The lowest BCUT2D eigenvalue weighted by Crippen LogP contribution is -2.42. The maximum atomic E-state index is 12.5. The second kappa shape index (κ2) is 9.74. The Kier molecular flexibility index (Phi) is 7.10. The number of hydrogen-bond acceptors (Lipinski definition) is 4. The van der Waals surface area contributed by atoms with Crippen molar-refractivity contribution in [2.45, 2.75) is 44.8 Å². The fourth-order valence-electron chi connectivity index (χ4n) is 3.07. The standard InChI is InChI=1S/C21H26ClN3O2/c1-2-3-12-27-20-7-5-4-6-17(20)18-13-19(25-24-18)21(26)23-14-15-8-10-16(22)11-9-15/h4-11,18-19,24-25H,2-3,12-14H2,1H3,(H,23,26). The number of nitrogens with one attached hydrogen (secondary N) is 3. The van der Waals surface area contributed by atoms with Gasteiger partial charge in [-0.05, 0) is 36.6 Å². The second-order valence-electron chi connectivity index (χ2n) is 6.71. The van der Waals surface area contributed by atoms with Crippen molar-refractivity contribution in [1.29, 1.82) is 0 Å². The Morgan fingerprint density at radius 2 is 1.96 bits per heavy atom. The first-order valence-corrected chi connectivity index (χ1v) is 9.80. The Bertz CT molecular complexity index is 751. The monoisotopic (exact) mass is 387 g/mol. The van der Waals surface area contributed by atoms with Gasteiger partial charge in [0.25, 0.3) is 0 Å². The van der Waals surface area contributed by atoms with Crippen molar-refractivity contribution in [3.05, 3.63) is 64.7 Å². The molecule has 1 aliphatic heterocycles. The van der Waals surface area contributed by atoms with Gasteiger partial charge in [0.2, 0.25) is 5.91 Å². The van der Waals surface area contributed by atoms with Crippen LogP contribution in [0, 0.1) is 0 Å². The minimum atomic E-state index is -0.286. The molecule has 0 bridgehead atoms. The van der Waals surface area contributed by atoms with E-state index in [0.717, 1.165) is 29.7 Å². The highest BCUT2D eigenvalue weighted by molar-refractivity contribution is 6.30. The van der Waals surface area contributed by atoms with Crippen molar-refractivity contribution in [3.8, 4) is 5.75 Å². The molecule has 1 amide bonds. The Morgan fingerprint density at radius 1 is 1.19 bits per heavy atom. The lowest BCUT2D eigenvalue weighted by Gasteiger charge is -2.16. The Hall–Kier alpha value is -2.08. The minimum absolute atomic E-state index is 0.0238. The molecule has 2 unspecified atom stereocenters. The summed E-state index contributed by atoms with van der Waals surface area (Å²) in [6.45, 7) is 3.33. The molecule has 1 fully saturated rings. The minimum Gasteiger partial charge on any atom is -0.493 e. The molecule has 0 radical (unpaired) electrons. The number of para-hydroxylation sites is 1. The van der Waals surface area contributed by atoms with Crippen LogP contribution >= 0.6 is 11.6 Å². The molecule has 1 saturated heterocycles. The highest BCUT2D eigenvalue weighted by atomic mass is 35.5. The average Bonchev–Trinajstić information content (AvgIpc) is 3.18. The van der Waals surface area contributed by atoms with E-state index < -0.39 is 0 Å². The van der Waals surface area contributed by atoms with Crippen molar-refractivity contribution in [1.82, 2.24) is 16.2 Å². The lowest BCUT2D eigenvalue weighted by atomic mass is 10.0. The van der Waals surface area contributed by atoms with Crippen LogP contribution in [-0.2, 0) is 11.3 Å². The highest BCUT2D eigenvalue weighted by Crippen LogP contribution is 2.30. The molecule has 0 spiro atoms. The molecule has 1 heterocycles. The van der Waals surface area contributed by atoms with Crippen LogP contribution in [0.1, 0.15) is 43.4 Å². The van der Waals surface area contributed by atoms with Crippen molar-refractivity contribution >= 4 is 17.5 Å². The molecular weight excluding hydrogens is 362 g/mol. The van der Waals surface area contributed by atoms with Gasteiger partial charge in [0, 0.05) is 17.1 Å². The van der Waals surface area contributed by atoms with Crippen molar-refractivity contribution in [3.63, 3.8) is 0 Å². The third kappa shape index (κ3) is 5.45. The van der Waals surface area contributed by atoms with E-state index in [1.54, 1.807) is 0 Å². The summed E-state index contributed by atoms with van der Waals surface area (Å²) >= 11 is 5.89. The molecule has 2 aromatic carbocycles. The van der Waals surface area contributed by atoms with E-state index in [2.05, 4.69) is 29.2 Å². The van der Waals surface area contributed by atoms with E-state index in [1.807, 2.05) is 42.5 Å². The maximum absolute atomic E-state index is 12.5. The highest BCUT2D eigenvalue weighted by Gasteiger charge is 2.31. The van der Waals surface area contributed by atoms with Gasteiger partial charge in [-0.25, -0.2) is 10.9 Å². The molecule has 2 atom stereocenters. The molecule has 27 heavy (non-hydrogen) atoms. The first-order valence-electron chi connectivity index (χ1n) is 9.42. The van der Waals surface area contributed by atoms with E-state index >= 15 is 0 Å². The van der Waals surface area contributed by atoms with Crippen molar-refractivity contribution < 1.29 is 9.53 Å². The molecule has 5 nitrogen and oxygen atoms in total. The van der Waals surface area contributed by atoms with Crippen LogP contribution in [0.2, 0.25) is 5.02 Å². The van der Waals surface area contributed by atoms with Gasteiger partial charge in [0.1, 0.15) is 11.8 Å². The normalized spacial score (nSPS) is 19.0. The van der Waals surface area contributed by atoms with Gasteiger partial charge in [-0.1, -0.05) is 55.3 Å². The number of benzene rings is 2. The van der Waals surface area contributed by atoms with Crippen LogP contribution in [-0.4, -0.2) is 18.6 Å². The van der Waals surface area contributed by atoms with Gasteiger partial charge in [-0.2, -0.15) is 0 Å². The van der Waals surface area contributed by atoms with Crippen molar-refractivity contribution in [2.75, 3.05) is 6.61 Å². The van der Waals surface area contributed by atoms with Crippen LogP contribution in [0.4, 0.5) is 0 Å². The smallest absolute Gasteiger partial charge is 0.238 e. The van der Waals surface area contributed by atoms with Crippen LogP contribution in [0.25, 0.3) is 0 Å². The van der Waals surface area contributed by atoms with E-state index in [0.29, 0.717) is 24.6 Å². The Morgan fingerprint density at radius 3 is 2.74 bits per heavy atom. The number of carbonyl (C=O) groups is 1. The molecule has 0 aliphatic carbocycles. The number of rotatable bonds is 8. The SMILES string of the molecule is CCCCOc1ccccc1C1CC(C(=O)NCc2ccc(Cl)cc2)NN1. The number of hydrogen-bond donors (Lipinski definition) is 3. The van der Waals surface area contributed by atoms with Gasteiger partial charge >= 0.3 is 0 Å². The zero-order valence-electron chi connectivity index (χ0n) is 15.5.